The number of carbonyl (C=O) groups is 2. The van der Waals surface area contributed by atoms with Gasteiger partial charge < -0.3 is 0 Å². The first kappa shape index (κ1) is 22.7. The Hall–Kier alpha value is -3.99. The molecule has 1 fully saturated rings. The molecule has 164 valence electrons. The zero-order valence-electron chi connectivity index (χ0n) is 17.2. The zero-order valence-corrected chi connectivity index (χ0v) is 18.0. The highest BCUT2D eigenvalue weighted by molar-refractivity contribution is 7.81. The summed E-state index contributed by atoms with van der Waals surface area (Å²) in [6.07, 6.45) is 0. The largest absolute Gasteiger partial charge is 0.332 e. The molecule has 0 bridgehead atoms. The van der Waals surface area contributed by atoms with Crippen molar-refractivity contribution in [3.05, 3.63) is 85.5 Å². The number of nitro benzene ring substituents is 2. The average Bonchev–Trinajstić information content (AvgIpc) is 2.77. The second-order valence-electron chi connectivity index (χ2n) is 6.71. The van der Waals surface area contributed by atoms with Crippen molar-refractivity contribution in [3.63, 3.8) is 0 Å². The minimum Gasteiger partial charge on any atom is -0.284 e. The molecule has 0 unspecified atom stereocenters. The number of nitro groups is 2. The lowest BCUT2D eigenvalue weighted by Crippen LogP contribution is -2.55. The number of non-ortho nitro benzene ring substituents is 1. The molecule has 1 aliphatic heterocycles. The number of hydrogen-bond donors (Lipinski definition) is 0. The third kappa shape index (κ3) is 3.85. The number of thiocarbonyl (C=S) groups is 1. The van der Waals surface area contributed by atoms with Crippen LogP contribution in [0.25, 0.3) is 5.57 Å². The number of carbonyl (C=O) groups excluding carboxylic acids is 2. The van der Waals surface area contributed by atoms with E-state index in [4.69, 9.17) is 12.2 Å². The number of benzene rings is 2. The second kappa shape index (κ2) is 9.02. The maximum Gasteiger partial charge on any atom is 0.332 e. The first-order chi connectivity index (χ1) is 15.2. The van der Waals surface area contributed by atoms with Crippen molar-refractivity contribution < 1.29 is 19.4 Å². The number of likely N-dealkylation sites (N-methyl/N-ethyl adjacent to an activating group) is 2. The Morgan fingerprint density at radius 2 is 1.50 bits per heavy atom. The fourth-order valence-corrected chi connectivity index (χ4v) is 3.88. The van der Waals surface area contributed by atoms with Crippen LogP contribution in [0.3, 0.4) is 0 Å². The standard InChI is InChI=1S/C21H18N4O6S/c1-3-22-19(26)18(20(32)23(4-2)21(22)27)17(13-9-11-14(12-10-13)24(28)29)15-7-5-6-8-16(15)25(30)31/h5-12H,3-4H2,1-2H3. The van der Waals surface area contributed by atoms with Gasteiger partial charge in [0, 0.05) is 36.9 Å². The van der Waals surface area contributed by atoms with Crippen molar-refractivity contribution in [1.82, 2.24) is 9.80 Å². The third-order valence-corrected chi connectivity index (χ3v) is 5.42. The summed E-state index contributed by atoms with van der Waals surface area (Å²) in [5.74, 6) is -0.682. The van der Waals surface area contributed by atoms with Crippen LogP contribution in [0, 0.1) is 20.2 Å². The number of hydrogen-bond acceptors (Lipinski definition) is 7. The van der Waals surface area contributed by atoms with E-state index < -0.39 is 21.8 Å². The summed E-state index contributed by atoms with van der Waals surface area (Å²) in [5, 5.41) is 22.8. The van der Waals surface area contributed by atoms with Crippen LogP contribution >= 0.6 is 12.2 Å². The predicted octanol–water partition coefficient (Wildman–Crippen LogP) is 3.94. The Bertz CT molecular complexity index is 1150. The molecular weight excluding hydrogens is 436 g/mol. The van der Waals surface area contributed by atoms with Gasteiger partial charge in [0.05, 0.1) is 21.0 Å². The second-order valence-corrected chi connectivity index (χ2v) is 7.10. The lowest BCUT2D eigenvalue weighted by molar-refractivity contribution is -0.385. The van der Waals surface area contributed by atoms with Crippen molar-refractivity contribution >= 4 is 46.1 Å². The molecule has 3 rings (SSSR count). The molecule has 1 aliphatic rings. The highest BCUT2D eigenvalue weighted by atomic mass is 32.1. The van der Waals surface area contributed by atoms with Gasteiger partial charge >= 0.3 is 6.03 Å². The molecular formula is C21H18N4O6S. The molecule has 0 aromatic heterocycles. The van der Waals surface area contributed by atoms with Crippen LogP contribution in [0.15, 0.2) is 54.1 Å². The lowest BCUT2D eigenvalue weighted by atomic mass is 9.90. The van der Waals surface area contributed by atoms with Crippen LogP contribution in [-0.4, -0.2) is 49.7 Å². The summed E-state index contributed by atoms with van der Waals surface area (Å²) < 4.78 is 0. The first-order valence-electron chi connectivity index (χ1n) is 9.63. The molecule has 0 N–H and O–H groups in total. The van der Waals surface area contributed by atoms with Gasteiger partial charge in [-0.25, -0.2) is 4.79 Å². The monoisotopic (exact) mass is 454 g/mol. The fraction of sp³-hybridized carbons (Fsp3) is 0.190. The molecule has 2 aromatic rings. The Morgan fingerprint density at radius 1 is 0.906 bits per heavy atom. The summed E-state index contributed by atoms with van der Waals surface area (Å²) in [5.41, 5.74) is 0.0549. The molecule has 0 atom stereocenters. The van der Waals surface area contributed by atoms with E-state index in [0.717, 1.165) is 4.90 Å². The Kier molecular flexibility index (Phi) is 6.40. The molecule has 0 aliphatic carbocycles. The van der Waals surface area contributed by atoms with E-state index in [-0.39, 0.29) is 46.2 Å². The van der Waals surface area contributed by atoms with E-state index in [1.165, 1.54) is 47.4 Å². The molecule has 11 heteroatoms. The quantitative estimate of drug-likeness (QED) is 0.280. The molecule has 0 spiro atoms. The minimum atomic E-state index is -0.682. The smallest absolute Gasteiger partial charge is 0.284 e. The molecule has 2 aromatic carbocycles. The summed E-state index contributed by atoms with van der Waals surface area (Å²) in [4.78, 5) is 49.9. The van der Waals surface area contributed by atoms with Gasteiger partial charge in [0.15, 0.2) is 0 Å². The van der Waals surface area contributed by atoms with E-state index in [1.807, 2.05) is 0 Å². The molecule has 1 saturated heterocycles. The molecule has 32 heavy (non-hydrogen) atoms. The lowest BCUT2D eigenvalue weighted by Gasteiger charge is -2.35. The summed E-state index contributed by atoms with van der Waals surface area (Å²) in [7, 11) is 0. The topological polar surface area (TPSA) is 127 Å². The maximum absolute atomic E-state index is 13.3. The van der Waals surface area contributed by atoms with Crippen LogP contribution in [-0.2, 0) is 4.79 Å². The number of rotatable bonds is 6. The summed E-state index contributed by atoms with van der Waals surface area (Å²) in [6, 6.07) is 10.5. The minimum absolute atomic E-state index is 0.0496. The fourth-order valence-electron chi connectivity index (χ4n) is 3.48. The highest BCUT2D eigenvalue weighted by Gasteiger charge is 2.41. The molecule has 0 radical (unpaired) electrons. The first-order valence-corrected chi connectivity index (χ1v) is 10.0. The van der Waals surface area contributed by atoms with Gasteiger partial charge in [-0.3, -0.25) is 34.8 Å². The van der Waals surface area contributed by atoms with Crippen molar-refractivity contribution in [2.75, 3.05) is 13.1 Å². The van der Waals surface area contributed by atoms with Crippen LogP contribution in [0.2, 0.25) is 0 Å². The number of amides is 3. The van der Waals surface area contributed by atoms with Crippen molar-refractivity contribution in [3.8, 4) is 0 Å². The van der Waals surface area contributed by atoms with Gasteiger partial charge in [-0.15, -0.1) is 0 Å². The van der Waals surface area contributed by atoms with E-state index >= 15 is 0 Å². The van der Waals surface area contributed by atoms with Gasteiger partial charge in [0.1, 0.15) is 4.99 Å². The van der Waals surface area contributed by atoms with E-state index in [2.05, 4.69) is 0 Å². The summed E-state index contributed by atoms with van der Waals surface area (Å²) in [6.45, 7) is 3.59. The highest BCUT2D eigenvalue weighted by Crippen LogP contribution is 2.37. The number of imide groups is 1. The molecule has 1 heterocycles. The Morgan fingerprint density at radius 3 is 2.03 bits per heavy atom. The normalized spacial score (nSPS) is 15.8. The Labute approximate surface area is 188 Å². The number of nitrogens with zero attached hydrogens (tertiary/aromatic N) is 4. The van der Waals surface area contributed by atoms with Gasteiger partial charge in [-0.05, 0) is 37.6 Å². The number of urea groups is 1. The summed E-state index contributed by atoms with van der Waals surface area (Å²) >= 11 is 5.48. The molecule has 3 amide bonds. The Balaban J connectivity index is 2.41. The van der Waals surface area contributed by atoms with Gasteiger partial charge in [0.2, 0.25) is 0 Å². The SMILES string of the molecule is CCN1C(=O)C(=C(c2ccc([N+](=O)[O-])cc2)c2ccccc2[N+](=O)[O-])C(=S)N(CC)C1=O. The van der Waals surface area contributed by atoms with Crippen molar-refractivity contribution in [2.45, 2.75) is 13.8 Å². The van der Waals surface area contributed by atoms with E-state index in [9.17, 15) is 29.8 Å². The predicted molar refractivity (Wildman–Crippen MR) is 120 cm³/mol. The molecule has 10 nitrogen and oxygen atoms in total. The van der Waals surface area contributed by atoms with Crippen LogP contribution < -0.4 is 0 Å². The van der Waals surface area contributed by atoms with Crippen LogP contribution in [0.4, 0.5) is 16.2 Å². The molecule has 0 saturated carbocycles. The zero-order chi connectivity index (χ0) is 23.6. The van der Waals surface area contributed by atoms with Crippen molar-refractivity contribution in [2.24, 2.45) is 0 Å². The van der Waals surface area contributed by atoms with Crippen LogP contribution in [0.5, 0.6) is 0 Å². The third-order valence-electron chi connectivity index (χ3n) is 5.00. The van der Waals surface area contributed by atoms with E-state index in [1.54, 1.807) is 19.9 Å². The van der Waals surface area contributed by atoms with Crippen molar-refractivity contribution in [1.29, 1.82) is 0 Å². The van der Waals surface area contributed by atoms with Gasteiger partial charge in [-0.2, -0.15) is 0 Å². The van der Waals surface area contributed by atoms with Gasteiger partial charge in [-0.1, -0.05) is 24.4 Å². The van der Waals surface area contributed by atoms with Crippen LogP contribution in [0.1, 0.15) is 25.0 Å². The van der Waals surface area contributed by atoms with Gasteiger partial charge in [0.25, 0.3) is 17.3 Å². The number of para-hydroxylation sites is 1. The maximum atomic E-state index is 13.3. The average molecular weight is 454 g/mol. The van der Waals surface area contributed by atoms with E-state index in [0.29, 0.717) is 5.56 Å².